The summed E-state index contributed by atoms with van der Waals surface area (Å²) < 4.78 is 17.8. The van der Waals surface area contributed by atoms with E-state index < -0.39 is 0 Å². The van der Waals surface area contributed by atoms with Crippen LogP contribution in [-0.2, 0) is 24.4 Å². The predicted molar refractivity (Wildman–Crippen MR) is 215 cm³/mol. The first-order valence-corrected chi connectivity index (χ1v) is 18.2. The van der Waals surface area contributed by atoms with Crippen molar-refractivity contribution in [3.63, 3.8) is 0 Å². The van der Waals surface area contributed by atoms with Gasteiger partial charge in [0, 0.05) is 51.3 Å². The fraction of sp³-hybridized carbons (Fsp3) is 0.289. The van der Waals surface area contributed by atoms with Gasteiger partial charge in [-0.1, -0.05) is 86.1 Å². The highest BCUT2D eigenvalue weighted by Crippen LogP contribution is 2.25. The molecule has 4 aromatic carbocycles. The third-order valence-electron chi connectivity index (χ3n) is 9.42. The number of ether oxygens (including phenoxy) is 3. The number of hydrogen-bond acceptors (Lipinski definition) is 6. The summed E-state index contributed by atoms with van der Waals surface area (Å²) in [5.74, 6) is 3.33. The zero-order valence-electron chi connectivity index (χ0n) is 31.2. The molecule has 1 amide bonds. The van der Waals surface area contributed by atoms with Crippen molar-refractivity contribution < 1.29 is 19.0 Å². The molecule has 7 nitrogen and oxygen atoms in total. The molecule has 8 heteroatoms. The van der Waals surface area contributed by atoms with E-state index in [1.54, 1.807) is 18.3 Å². The van der Waals surface area contributed by atoms with Crippen LogP contribution >= 0.6 is 12.4 Å². The van der Waals surface area contributed by atoms with Gasteiger partial charge in [-0.3, -0.25) is 9.69 Å². The summed E-state index contributed by atoms with van der Waals surface area (Å²) in [7, 11) is 0. The highest BCUT2D eigenvalue weighted by Gasteiger charge is 2.20. The van der Waals surface area contributed by atoms with Crippen LogP contribution in [0.15, 0.2) is 115 Å². The van der Waals surface area contributed by atoms with Gasteiger partial charge in [0.15, 0.2) is 0 Å². The molecule has 1 aliphatic rings. The van der Waals surface area contributed by atoms with Crippen molar-refractivity contribution in [2.45, 2.75) is 53.2 Å². The minimum atomic E-state index is 0. The number of nitrogens with zero attached hydrogens (tertiary/aromatic N) is 3. The summed E-state index contributed by atoms with van der Waals surface area (Å²) in [6, 6.07) is 35.0. The lowest BCUT2D eigenvalue weighted by atomic mass is 10.0. The molecule has 6 rings (SSSR count). The Balaban J connectivity index is 0.00000541. The Kier molecular flexibility index (Phi) is 14.1. The molecule has 0 atom stereocenters. The van der Waals surface area contributed by atoms with Gasteiger partial charge in [0.25, 0.3) is 0 Å². The molecule has 1 fully saturated rings. The molecular formula is C45H50ClN3O4. The summed E-state index contributed by atoms with van der Waals surface area (Å²) in [6.07, 6.45) is 6.11. The molecule has 1 aliphatic heterocycles. The lowest BCUT2D eigenvalue weighted by molar-refractivity contribution is -0.127. The molecule has 2 heterocycles. The Hall–Kier alpha value is -5.11. The van der Waals surface area contributed by atoms with Crippen LogP contribution in [0.25, 0.3) is 6.08 Å². The van der Waals surface area contributed by atoms with Gasteiger partial charge < -0.3 is 19.1 Å². The van der Waals surface area contributed by atoms with Crippen molar-refractivity contribution in [2.75, 3.05) is 32.8 Å². The fourth-order valence-electron chi connectivity index (χ4n) is 6.08. The number of carbonyl (C=O) groups excluding carboxylic acids is 1. The lowest BCUT2D eigenvalue weighted by Crippen LogP contribution is -2.47. The van der Waals surface area contributed by atoms with Crippen LogP contribution in [0.1, 0.15) is 58.7 Å². The van der Waals surface area contributed by atoms with Gasteiger partial charge in [0.2, 0.25) is 11.8 Å². The highest BCUT2D eigenvalue weighted by atomic mass is 35.5. The van der Waals surface area contributed by atoms with Crippen LogP contribution in [0.4, 0.5) is 0 Å². The van der Waals surface area contributed by atoms with Gasteiger partial charge >= 0.3 is 0 Å². The van der Waals surface area contributed by atoms with Gasteiger partial charge in [0.1, 0.15) is 23.9 Å². The van der Waals surface area contributed by atoms with E-state index in [1.165, 1.54) is 22.3 Å². The highest BCUT2D eigenvalue weighted by molar-refractivity contribution is 5.92. The monoisotopic (exact) mass is 731 g/mol. The van der Waals surface area contributed by atoms with E-state index in [-0.39, 0.29) is 18.3 Å². The van der Waals surface area contributed by atoms with Crippen LogP contribution in [0.5, 0.6) is 23.1 Å². The molecule has 276 valence electrons. The largest absolute Gasteiger partial charge is 0.493 e. The van der Waals surface area contributed by atoms with Crippen molar-refractivity contribution >= 4 is 24.4 Å². The topological polar surface area (TPSA) is 64.1 Å². The SMILES string of the molecule is Cc1ccc(COc2ccc(Oc3ccc(/C=C/C(=O)N4CCN(Cc5ccc(CCOc6ccc(C(C)C)cc6)cc5)CC4)c(C)c3)nc2)cc1.Cl. The minimum Gasteiger partial charge on any atom is -0.493 e. The van der Waals surface area contributed by atoms with E-state index in [2.05, 4.69) is 103 Å². The van der Waals surface area contributed by atoms with Crippen molar-refractivity contribution in [1.82, 2.24) is 14.8 Å². The Labute approximate surface area is 320 Å². The Bertz CT molecular complexity index is 1920. The second-order valence-electron chi connectivity index (χ2n) is 13.8. The Morgan fingerprint density at radius 3 is 2.08 bits per heavy atom. The number of piperazine rings is 1. The van der Waals surface area contributed by atoms with Crippen LogP contribution in [0.2, 0.25) is 0 Å². The summed E-state index contributed by atoms with van der Waals surface area (Å²) in [5.41, 5.74) is 8.19. The van der Waals surface area contributed by atoms with Crippen molar-refractivity contribution in [2.24, 2.45) is 0 Å². The van der Waals surface area contributed by atoms with Crippen LogP contribution in [-0.4, -0.2) is 53.5 Å². The number of hydrogen-bond donors (Lipinski definition) is 0. The number of aryl methyl sites for hydroxylation is 2. The second-order valence-corrected chi connectivity index (χ2v) is 13.8. The van der Waals surface area contributed by atoms with E-state index in [9.17, 15) is 4.79 Å². The Morgan fingerprint density at radius 2 is 1.42 bits per heavy atom. The molecule has 1 aromatic heterocycles. The molecular weight excluding hydrogens is 682 g/mol. The van der Waals surface area contributed by atoms with E-state index in [0.29, 0.717) is 49.6 Å². The first kappa shape index (κ1) is 39.1. The molecule has 0 unspecified atom stereocenters. The number of pyridine rings is 1. The van der Waals surface area contributed by atoms with Crippen molar-refractivity contribution in [1.29, 1.82) is 0 Å². The molecule has 0 radical (unpaired) electrons. The zero-order valence-corrected chi connectivity index (χ0v) is 32.0. The maximum absolute atomic E-state index is 13.0. The number of benzene rings is 4. The van der Waals surface area contributed by atoms with Gasteiger partial charge in [-0.15, -0.1) is 12.4 Å². The quantitative estimate of drug-likeness (QED) is 0.106. The maximum atomic E-state index is 13.0. The Morgan fingerprint density at radius 1 is 0.755 bits per heavy atom. The lowest BCUT2D eigenvalue weighted by Gasteiger charge is -2.34. The average molecular weight is 732 g/mol. The summed E-state index contributed by atoms with van der Waals surface area (Å²) >= 11 is 0. The molecule has 0 aliphatic carbocycles. The van der Waals surface area contributed by atoms with Crippen LogP contribution in [0.3, 0.4) is 0 Å². The van der Waals surface area contributed by atoms with Crippen molar-refractivity contribution in [3.8, 4) is 23.1 Å². The number of rotatable bonds is 14. The van der Waals surface area contributed by atoms with E-state index in [1.807, 2.05) is 42.2 Å². The van der Waals surface area contributed by atoms with Gasteiger partial charge in [0.05, 0.1) is 12.8 Å². The second kappa shape index (κ2) is 19.1. The van der Waals surface area contributed by atoms with E-state index in [4.69, 9.17) is 14.2 Å². The normalized spacial score (nSPS) is 13.2. The average Bonchev–Trinajstić information content (AvgIpc) is 3.16. The van der Waals surface area contributed by atoms with Crippen LogP contribution in [0, 0.1) is 13.8 Å². The summed E-state index contributed by atoms with van der Waals surface area (Å²) in [4.78, 5) is 21.8. The minimum absolute atomic E-state index is 0. The number of amides is 1. The van der Waals surface area contributed by atoms with E-state index in [0.717, 1.165) is 48.5 Å². The fourth-order valence-corrected chi connectivity index (χ4v) is 6.08. The van der Waals surface area contributed by atoms with Gasteiger partial charge in [-0.25, -0.2) is 4.98 Å². The molecule has 0 spiro atoms. The molecule has 1 saturated heterocycles. The maximum Gasteiger partial charge on any atom is 0.246 e. The molecule has 0 bridgehead atoms. The van der Waals surface area contributed by atoms with Gasteiger partial charge in [-0.05, 0) is 89.6 Å². The third kappa shape index (κ3) is 11.7. The summed E-state index contributed by atoms with van der Waals surface area (Å²) in [6.45, 7) is 13.6. The predicted octanol–water partition coefficient (Wildman–Crippen LogP) is 9.59. The number of halogens is 1. The van der Waals surface area contributed by atoms with Crippen molar-refractivity contribution in [3.05, 3.63) is 154 Å². The molecule has 0 N–H and O–H groups in total. The standard InChI is InChI=1S/C45H49N3O4.ClH/c1-33(2)39-13-17-41(18-14-39)50-28-23-36-9-11-37(12-10-36)31-47-24-26-48(27-25-47)45(49)22-16-40-15-19-42(29-35(40)4)52-44-21-20-43(30-46-44)51-32-38-7-5-34(3)6-8-38;/h5-22,29-30,33H,23-28,31-32H2,1-4H3;1H/b22-16+;. The first-order chi connectivity index (χ1) is 25.3. The first-order valence-electron chi connectivity index (χ1n) is 18.2. The number of carbonyl (C=O) groups is 1. The summed E-state index contributed by atoms with van der Waals surface area (Å²) in [5, 5.41) is 0. The zero-order chi connectivity index (χ0) is 36.3. The van der Waals surface area contributed by atoms with Crippen LogP contribution < -0.4 is 14.2 Å². The molecule has 5 aromatic rings. The molecule has 53 heavy (non-hydrogen) atoms. The van der Waals surface area contributed by atoms with E-state index >= 15 is 0 Å². The smallest absolute Gasteiger partial charge is 0.246 e. The van der Waals surface area contributed by atoms with Gasteiger partial charge in [-0.2, -0.15) is 0 Å². The third-order valence-corrected chi connectivity index (χ3v) is 9.42. The number of aromatic nitrogens is 1. The molecule has 0 saturated carbocycles.